The highest BCUT2D eigenvalue weighted by atomic mass is 16.5. The predicted molar refractivity (Wildman–Crippen MR) is 179 cm³/mol. The van der Waals surface area contributed by atoms with Crippen molar-refractivity contribution >= 4 is 46.4 Å². The van der Waals surface area contributed by atoms with Crippen LogP contribution in [0.5, 0.6) is 0 Å². The monoisotopic (exact) mass is 598 g/mol. The van der Waals surface area contributed by atoms with Crippen LogP contribution in [0.4, 0.5) is 0 Å². The van der Waals surface area contributed by atoms with Gasteiger partial charge in [0, 0.05) is 48.6 Å². The van der Waals surface area contributed by atoms with Crippen molar-refractivity contribution in [2.24, 2.45) is 0 Å². The Morgan fingerprint density at radius 1 is 0.545 bits per heavy atom. The first-order chi connectivity index (χ1) is 21.3. The lowest BCUT2D eigenvalue weighted by Gasteiger charge is -2.22. The molecule has 8 bridgehead atoms. The van der Waals surface area contributed by atoms with Gasteiger partial charge in [0.05, 0.1) is 46.0 Å². The van der Waals surface area contributed by atoms with Gasteiger partial charge in [0.1, 0.15) is 12.5 Å². The fourth-order valence-electron chi connectivity index (χ4n) is 6.17. The summed E-state index contributed by atoms with van der Waals surface area (Å²) in [7, 11) is 0. The normalized spacial score (nSPS) is 15.5. The van der Waals surface area contributed by atoms with E-state index in [9.17, 15) is 0 Å². The summed E-state index contributed by atoms with van der Waals surface area (Å²) < 4.78 is 29.7. The molecule has 5 rings (SSSR count). The minimum atomic E-state index is -0.260. The Kier molecular flexibility index (Phi) is 10.2. The topological polar surface area (TPSA) is 72.6 Å². The van der Waals surface area contributed by atoms with Gasteiger partial charge in [-0.2, -0.15) is 0 Å². The summed E-state index contributed by atoms with van der Waals surface area (Å²) in [6, 6.07) is 12.8. The van der Waals surface area contributed by atoms with Crippen molar-refractivity contribution in [1.82, 2.24) is 19.1 Å². The molecule has 5 heterocycles. The molecule has 8 heteroatoms. The molecule has 3 aromatic heterocycles. The van der Waals surface area contributed by atoms with Gasteiger partial charge in [-0.25, -0.2) is 9.97 Å². The molecule has 0 aliphatic carbocycles. The number of rotatable bonds is 12. The van der Waals surface area contributed by atoms with E-state index in [1.54, 1.807) is 0 Å². The van der Waals surface area contributed by atoms with Crippen molar-refractivity contribution in [1.29, 1.82) is 0 Å². The van der Waals surface area contributed by atoms with Gasteiger partial charge in [0.2, 0.25) is 0 Å². The molecular formula is C36H46N4O4. The number of aromatic nitrogens is 4. The molecule has 0 N–H and O–H groups in total. The molecule has 4 atom stereocenters. The van der Waals surface area contributed by atoms with Crippen LogP contribution in [0.3, 0.4) is 0 Å². The maximum Gasteiger partial charge on any atom is 0.131 e. The lowest BCUT2D eigenvalue weighted by molar-refractivity contribution is 0.0279. The molecule has 44 heavy (non-hydrogen) atoms. The highest BCUT2D eigenvalue weighted by Gasteiger charge is 2.26. The molecule has 0 saturated carbocycles. The maximum absolute atomic E-state index is 6.31. The zero-order valence-corrected chi connectivity index (χ0v) is 27.3. The zero-order chi connectivity index (χ0) is 31.4. The van der Waals surface area contributed by atoms with Gasteiger partial charge in [0.15, 0.2) is 0 Å². The molecule has 2 aliphatic heterocycles. The second-order valence-corrected chi connectivity index (χ2v) is 11.0. The number of hydrogen-bond donors (Lipinski definition) is 0. The molecule has 0 fully saturated rings. The number of ether oxygens (including phenoxy) is 4. The standard InChI is InChI=1S/C36H46N4O4/c1-9-41-23(5)31-21-29-17-13-27-15-19-33(37-27)34-20-16-28(38-34)14-18-30-22-32(24(6)42-10-2)36(40(30)26(8)44-12-4)35(31)39(29)25(7)43-11-3/h13-26H,9-12H2,1-8H3. The van der Waals surface area contributed by atoms with Gasteiger partial charge in [-0.1, -0.05) is 0 Å². The molecule has 234 valence electrons. The van der Waals surface area contributed by atoms with Crippen LogP contribution in [0.25, 0.3) is 46.4 Å². The summed E-state index contributed by atoms with van der Waals surface area (Å²) in [4.78, 5) is 9.72. The molecular weight excluding hydrogens is 552 g/mol. The number of fused-ring (bicyclic) bond motifs is 10. The largest absolute Gasteiger partial charge is 0.374 e. The van der Waals surface area contributed by atoms with Crippen molar-refractivity contribution < 1.29 is 18.9 Å². The van der Waals surface area contributed by atoms with E-state index in [1.165, 1.54) is 0 Å². The van der Waals surface area contributed by atoms with Crippen molar-refractivity contribution in [2.45, 2.75) is 80.1 Å². The second kappa shape index (κ2) is 14.0. The third kappa shape index (κ3) is 6.31. The highest BCUT2D eigenvalue weighted by Crippen LogP contribution is 2.39. The molecule has 8 nitrogen and oxygen atoms in total. The van der Waals surface area contributed by atoms with E-state index >= 15 is 0 Å². The van der Waals surface area contributed by atoms with Crippen LogP contribution in [-0.4, -0.2) is 45.5 Å². The Morgan fingerprint density at radius 3 is 1.30 bits per heavy atom. The van der Waals surface area contributed by atoms with E-state index in [1.807, 2.05) is 52.0 Å². The Hall–Kier alpha value is -3.56. The van der Waals surface area contributed by atoms with Gasteiger partial charge in [0.25, 0.3) is 0 Å². The third-order valence-corrected chi connectivity index (χ3v) is 8.10. The van der Waals surface area contributed by atoms with Crippen molar-refractivity contribution in [3.05, 3.63) is 70.3 Å². The summed E-state index contributed by atoms with van der Waals surface area (Å²) in [6.45, 7) is 18.9. The van der Waals surface area contributed by atoms with Crippen LogP contribution >= 0.6 is 0 Å². The lowest BCUT2D eigenvalue weighted by Crippen LogP contribution is -2.14. The van der Waals surface area contributed by atoms with Gasteiger partial charge >= 0.3 is 0 Å². The van der Waals surface area contributed by atoms with E-state index in [-0.39, 0.29) is 24.7 Å². The average molecular weight is 599 g/mol. The molecule has 2 aliphatic rings. The van der Waals surface area contributed by atoms with Gasteiger partial charge in [-0.15, -0.1) is 0 Å². The molecule has 4 unspecified atom stereocenters. The second-order valence-electron chi connectivity index (χ2n) is 11.0. The Labute approximate surface area is 261 Å². The fourth-order valence-corrected chi connectivity index (χ4v) is 6.17. The van der Waals surface area contributed by atoms with E-state index in [0.29, 0.717) is 26.4 Å². The Bertz CT molecular complexity index is 1580. The summed E-state index contributed by atoms with van der Waals surface area (Å²) in [5.41, 5.74) is 9.63. The van der Waals surface area contributed by atoms with E-state index in [0.717, 1.165) is 56.0 Å². The first-order valence-electron chi connectivity index (χ1n) is 15.9. The SMILES string of the molecule is CCOC(C)c1cc2ccc3nc(c4nc(ccc5cc(C(C)OCC)c(c1n2C(C)OCC)n5C(C)OCC)C=C4)C=C3. The highest BCUT2D eigenvalue weighted by molar-refractivity contribution is 5.90. The smallest absolute Gasteiger partial charge is 0.131 e. The summed E-state index contributed by atoms with van der Waals surface area (Å²) in [5.74, 6) is 0. The quantitative estimate of drug-likeness (QED) is 0.143. The first-order valence-corrected chi connectivity index (χ1v) is 15.9. The predicted octanol–water partition coefficient (Wildman–Crippen LogP) is 8.91. The third-order valence-electron chi connectivity index (χ3n) is 8.10. The molecule has 0 saturated heterocycles. The average Bonchev–Trinajstić information content (AvgIpc) is 3.79. The van der Waals surface area contributed by atoms with Crippen LogP contribution in [-0.2, 0) is 18.9 Å². The Balaban J connectivity index is 2.06. The number of nitrogens with zero attached hydrogens (tertiary/aromatic N) is 4. The molecule has 3 aromatic rings. The van der Waals surface area contributed by atoms with Gasteiger partial charge in [-0.3, -0.25) is 0 Å². The van der Waals surface area contributed by atoms with Crippen LogP contribution in [0.1, 0.15) is 114 Å². The van der Waals surface area contributed by atoms with Crippen LogP contribution in [0, 0.1) is 0 Å². The molecule has 0 radical (unpaired) electrons. The lowest BCUT2D eigenvalue weighted by atomic mass is 10.1. The van der Waals surface area contributed by atoms with E-state index < -0.39 is 0 Å². The van der Waals surface area contributed by atoms with Crippen molar-refractivity contribution in [3.8, 4) is 0 Å². The minimum absolute atomic E-state index is 0.172. The fraction of sp³-hybridized carbons (Fsp3) is 0.444. The van der Waals surface area contributed by atoms with E-state index in [2.05, 4.69) is 73.2 Å². The first kappa shape index (κ1) is 31.9. The Morgan fingerprint density at radius 2 is 0.932 bits per heavy atom. The molecule has 0 aromatic carbocycles. The van der Waals surface area contributed by atoms with Crippen LogP contribution < -0.4 is 0 Å². The van der Waals surface area contributed by atoms with Crippen LogP contribution in [0.2, 0.25) is 0 Å². The van der Waals surface area contributed by atoms with Crippen molar-refractivity contribution in [3.63, 3.8) is 0 Å². The van der Waals surface area contributed by atoms with E-state index in [4.69, 9.17) is 28.9 Å². The number of hydrogen-bond acceptors (Lipinski definition) is 6. The zero-order valence-electron chi connectivity index (χ0n) is 27.3. The minimum Gasteiger partial charge on any atom is -0.374 e. The van der Waals surface area contributed by atoms with Crippen molar-refractivity contribution in [2.75, 3.05) is 26.4 Å². The van der Waals surface area contributed by atoms with Crippen LogP contribution in [0.15, 0.2) is 36.4 Å². The maximum atomic E-state index is 6.31. The van der Waals surface area contributed by atoms with Gasteiger partial charge < -0.3 is 28.1 Å². The molecule has 0 spiro atoms. The summed E-state index contributed by atoms with van der Waals surface area (Å²) >= 11 is 0. The summed E-state index contributed by atoms with van der Waals surface area (Å²) in [5, 5.41) is 0. The summed E-state index contributed by atoms with van der Waals surface area (Å²) in [6.07, 6.45) is 7.23. The molecule has 0 amide bonds. The van der Waals surface area contributed by atoms with Gasteiger partial charge in [-0.05, 0) is 116 Å².